The number of hydrogen-bond acceptors (Lipinski definition) is 5. The molecule has 1 aromatic heterocycles. The monoisotopic (exact) mass is 426 g/mol. The summed E-state index contributed by atoms with van der Waals surface area (Å²) in [5, 5.41) is 0.953. The Bertz CT molecular complexity index is 1280. The van der Waals surface area contributed by atoms with E-state index < -0.39 is 15.9 Å². The number of amides is 2. The first-order valence-electron chi connectivity index (χ1n) is 9.75. The maximum atomic E-state index is 13.1. The molecule has 1 aliphatic heterocycles. The zero-order chi connectivity index (χ0) is 21.6. The number of para-hydroxylation sites is 1. The Morgan fingerprint density at radius 1 is 1.13 bits per heavy atom. The molecular formula is C22H22N2O5S. The molecule has 0 aliphatic carbocycles. The summed E-state index contributed by atoms with van der Waals surface area (Å²) < 4.78 is 32.0. The molecule has 8 heteroatoms. The summed E-state index contributed by atoms with van der Waals surface area (Å²) in [6, 6.07) is 11.9. The maximum absolute atomic E-state index is 13.1. The van der Waals surface area contributed by atoms with Gasteiger partial charge in [0.2, 0.25) is 0 Å². The molecule has 0 spiro atoms. The second kappa shape index (κ2) is 7.28. The molecule has 0 atom stereocenters. The highest BCUT2D eigenvalue weighted by atomic mass is 32.2. The molecule has 0 saturated carbocycles. The van der Waals surface area contributed by atoms with Crippen molar-refractivity contribution in [3.63, 3.8) is 0 Å². The summed E-state index contributed by atoms with van der Waals surface area (Å²) in [5.41, 5.74) is 2.03. The zero-order valence-corrected chi connectivity index (χ0v) is 17.8. The number of fused-ring (bicyclic) bond motifs is 2. The fraction of sp³-hybridized carbons (Fsp3) is 0.273. The third-order valence-electron chi connectivity index (χ3n) is 5.39. The van der Waals surface area contributed by atoms with Gasteiger partial charge in [0.05, 0.1) is 5.56 Å². The predicted molar refractivity (Wildman–Crippen MR) is 112 cm³/mol. The van der Waals surface area contributed by atoms with E-state index in [4.69, 9.17) is 4.42 Å². The van der Waals surface area contributed by atoms with Gasteiger partial charge in [-0.3, -0.25) is 9.59 Å². The van der Waals surface area contributed by atoms with Gasteiger partial charge in [0.15, 0.2) is 0 Å². The van der Waals surface area contributed by atoms with E-state index in [-0.39, 0.29) is 28.5 Å². The smallest absolute Gasteiger partial charge is 0.268 e. The van der Waals surface area contributed by atoms with Gasteiger partial charge < -0.3 is 9.32 Å². The number of carbonyl (C=O) groups is 2. The van der Waals surface area contributed by atoms with Gasteiger partial charge in [-0.2, -0.15) is 0 Å². The number of nitrogens with zero attached hydrogens (tertiary/aromatic N) is 2. The zero-order valence-electron chi connectivity index (χ0n) is 17.0. The van der Waals surface area contributed by atoms with Crippen molar-refractivity contribution in [2.24, 2.45) is 0 Å². The molecule has 4 rings (SSSR count). The Balaban J connectivity index is 1.67. The first kappa shape index (κ1) is 20.2. The van der Waals surface area contributed by atoms with E-state index in [1.807, 2.05) is 31.2 Å². The van der Waals surface area contributed by atoms with Crippen LogP contribution in [0.25, 0.3) is 11.0 Å². The summed E-state index contributed by atoms with van der Waals surface area (Å²) in [6.45, 7) is 3.96. The molecule has 0 bridgehead atoms. The molecule has 2 heterocycles. The standard InChI is InChI=1S/C22H22N2O5S/c1-4-18-17(15-8-6-7-9-19(15)29-18)13-23(3)21(25)14-10-11-16-20(12-14)30(27,28)24(5-2)22(16)26/h6-12H,4-5,13H2,1-3H3. The highest BCUT2D eigenvalue weighted by molar-refractivity contribution is 7.90. The van der Waals surface area contributed by atoms with Crippen molar-refractivity contribution in [3.8, 4) is 0 Å². The summed E-state index contributed by atoms with van der Waals surface area (Å²) >= 11 is 0. The molecule has 0 fully saturated rings. The van der Waals surface area contributed by atoms with Crippen molar-refractivity contribution >= 4 is 32.8 Å². The third-order valence-corrected chi connectivity index (χ3v) is 7.28. The van der Waals surface area contributed by atoms with Crippen LogP contribution in [-0.4, -0.2) is 43.0 Å². The molecule has 0 radical (unpaired) electrons. The molecule has 156 valence electrons. The summed E-state index contributed by atoms with van der Waals surface area (Å²) in [5.74, 6) is -0.0726. The van der Waals surface area contributed by atoms with Crippen molar-refractivity contribution in [3.05, 3.63) is 64.9 Å². The SMILES string of the molecule is CCc1oc2ccccc2c1CN(C)C(=O)c1ccc2c(c1)S(=O)(=O)N(CC)C2=O. The van der Waals surface area contributed by atoms with Crippen LogP contribution < -0.4 is 0 Å². The number of sulfonamides is 1. The van der Waals surface area contributed by atoms with Crippen molar-refractivity contribution < 1.29 is 22.4 Å². The van der Waals surface area contributed by atoms with Gasteiger partial charge in [0.1, 0.15) is 16.2 Å². The number of furan rings is 1. The van der Waals surface area contributed by atoms with E-state index in [1.165, 1.54) is 23.1 Å². The molecule has 1 aliphatic rings. The van der Waals surface area contributed by atoms with Gasteiger partial charge in [-0.05, 0) is 31.2 Å². The predicted octanol–water partition coefficient (Wildman–Crippen LogP) is 3.43. The van der Waals surface area contributed by atoms with E-state index >= 15 is 0 Å². The number of carbonyl (C=O) groups excluding carboxylic acids is 2. The first-order chi connectivity index (χ1) is 14.3. The molecule has 0 N–H and O–H groups in total. The second-order valence-electron chi connectivity index (χ2n) is 7.20. The minimum Gasteiger partial charge on any atom is -0.461 e. The summed E-state index contributed by atoms with van der Waals surface area (Å²) in [6.07, 6.45) is 0.693. The van der Waals surface area contributed by atoms with Crippen molar-refractivity contribution in [1.29, 1.82) is 0 Å². The van der Waals surface area contributed by atoms with Crippen LogP contribution in [0.3, 0.4) is 0 Å². The molecule has 3 aromatic rings. The number of benzene rings is 2. The fourth-order valence-corrected chi connectivity index (χ4v) is 5.46. The molecule has 30 heavy (non-hydrogen) atoms. The minimum absolute atomic E-state index is 0.0480. The van der Waals surface area contributed by atoms with E-state index in [0.717, 1.165) is 26.6 Å². The van der Waals surface area contributed by atoms with Gasteiger partial charge in [-0.25, -0.2) is 12.7 Å². The Labute approximate surface area is 174 Å². The molecule has 2 amide bonds. The van der Waals surface area contributed by atoms with Gasteiger partial charge >= 0.3 is 0 Å². The lowest BCUT2D eigenvalue weighted by Crippen LogP contribution is -2.29. The third kappa shape index (κ3) is 2.99. The molecule has 0 saturated heterocycles. The van der Waals surface area contributed by atoms with Crippen molar-refractivity contribution in [2.75, 3.05) is 13.6 Å². The second-order valence-corrected chi connectivity index (χ2v) is 9.03. The van der Waals surface area contributed by atoms with Crippen LogP contribution in [0.5, 0.6) is 0 Å². The molecular weight excluding hydrogens is 404 g/mol. The highest BCUT2D eigenvalue weighted by Gasteiger charge is 2.40. The largest absolute Gasteiger partial charge is 0.461 e. The average Bonchev–Trinajstić information content (AvgIpc) is 3.19. The van der Waals surface area contributed by atoms with Crippen LogP contribution in [0.1, 0.15) is 45.9 Å². The lowest BCUT2D eigenvalue weighted by Gasteiger charge is -2.18. The number of aryl methyl sites for hydroxylation is 1. The van der Waals surface area contributed by atoms with Gasteiger partial charge in [0, 0.05) is 43.1 Å². The lowest BCUT2D eigenvalue weighted by molar-refractivity contribution is 0.0783. The summed E-state index contributed by atoms with van der Waals surface area (Å²) in [4.78, 5) is 26.8. The number of hydrogen-bond donors (Lipinski definition) is 0. The quantitative estimate of drug-likeness (QED) is 0.624. The Kier molecular flexibility index (Phi) is 4.89. The number of rotatable bonds is 5. The van der Waals surface area contributed by atoms with E-state index in [2.05, 4.69) is 0 Å². The molecule has 7 nitrogen and oxygen atoms in total. The highest BCUT2D eigenvalue weighted by Crippen LogP contribution is 2.32. The van der Waals surface area contributed by atoms with Crippen LogP contribution in [0.15, 0.2) is 51.8 Å². The average molecular weight is 426 g/mol. The van der Waals surface area contributed by atoms with Gasteiger partial charge in [-0.15, -0.1) is 0 Å². The normalized spacial score (nSPS) is 14.9. The van der Waals surface area contributed by atoms with Crippen LogP contribution in [0.2, 0.25) is 0 Å². The van der Waals surface area contributed by atoms with Gasteiger partial charge in [0.25, 0.3) is 21.8 Å². The Hall–Kier alpha value is -3.13. The first-order valence-corrected chi connectivity index (χ1v) is 11.2. The van der Waals surface area contributed by atoms with E-state index in [9.17, 15) is 18.0 Å². The van der Waals surface area contributed by atoms with Crippen molar-refractivity contribution in [1.82, 2.24) is 9.21 Å². The van der Waals surface area contributed by atoms with Crippen LogP contribution in [0.4, 0.5) is 0 Å². The van der Waals surface area contributed by atoms with E-state index in [1.54, 1.807) is 14.0 Å². The molecule has 2 aromatic carbocycles. The lowest BCUT2D eigenvalue weighted by atomic mass is 10.1. The van der Waals surface area contributed by atoms with Crippen LogP contribution in [-0.2, 0) is 23.0 Å². The Morgan fingerprint density at radius 2 is 1.87 bits per heavy atom. The minimum atomic E-state index is -3.92. The van der Waals surface area contributed by atoms with Crippen LogP contribution in [0, 0.1) is 0 Å². The maximum Gasteiger partial charge on any atom is 0.268 e. The Morgan fingerprint density at radius 3 is 2.57 bits per heavy atom. The topological polar surface area (TPSA) is 87.9 Å². The van der Waals surface area contributed by atoms with E-state index in [0.29, 0.717) is 13.0 Å². The van der Waals surface area contributed by atoms with Gasteiger partial charge in [-0.1, -0.05) is 25.1 Å². The van der Waals surface area contributed by atoms with Crippen LogP contribution >= 0.6 is 0 Å². The van der Waals surface area contributed by atoms with Crippen molar-refractivity contribution in [2.45, 2.75) is 31.7 Å². The molecule has 0 unspecified atom stereocenters. The fourth-order valence-electron chi connectivity index (χ4n) is 3.86. The summed E-state index contributed by atoms with van der Waals surface area (Å²) in [7, 11) is -2.26.